The first-order valence-corrected chi connectivity index (χ1v) is 3.95. The van der Waals surface area contributed by atoms with Crippen LogP contribution in [0.15, 0.2) is 17.8 Å². The molecule has 0 aromatic carbocycles. The number of azide groups is 1. The molecule has 0 rings (SSSR count). The van der Waals surface area contributed by atoms with Crippen molar-refractivity contribution in [1.29, 1.82) is 0 Å². The lowest BCUT2D eigenvalue weighted by Gasteiger charge is -2.15. The summed E-state index contributed by atoms with van der Waals surface area (Å²) >= 11 is 0. The van der Waals surface area contributed by atoms with Gasteiger partial charge in [0.2, 0.25) is 0 Å². The van der Waals surface area contributed by atoms with Crippen molar-refractivity contribution in [2.45, 2.75) is 19.4 Å². The van der Waals surface area contributed by atoms with E-state index in [1.165, 1.54) is 7.11 Å². The van der Waals surface area contributed by atoms with Crippen molar-refractivity contribution < 1.29 is 9.53 Å². The zero-order valence-corrected chi connectivity index (χ0v) is 7.80. The number of esters is 1. The van der Waals surface area contributed by atoms with Crippen LogP contribution in [0.25, 0.3) is 10.4 Å². The van der Waals surface area contributed by atoms with Crippen molar-refractivity contribution in [3.8, 4) is 0 Å². The summed E-state index contributed by atoms with van der Waals surface area (Å²) in [6, 6.07) is -0.794. The second-order valence-electron chi connectivity index (χ2n) is 2.48. The SMILES string of the molecule is C=C[C@@H](CC)C(N=[N+]=[N-])C(=O)OC. The van der Waals surface area contributed by atoms with Gasteiger partial charge in [-0.25, -0.2) is 0 Å². The molecule has 0 amide bonds. The fraction of sp³-hybridized carbons (Fsp3) is 0.625. The number of rotatable bonds is 5. The third kappa shape index (κ3) is 3.17. The minimum atomic E-state index is -0.794. The second kappa shape index (κ2) is 6.08. The number of nitrogens with zero attached hydrogens (tertiary/aromatic N) is 3. The molecule has 0 heterocycles. The van der Waals surface area contributed by atoms with Crippen molar-refractivity contribution in [2.75, 3.05) is 7.11 Å². The van der Waals surface area contributed by atoms with E-state index in [0.29, 0.717) is 6.42 Å². The van der Waals surface area contributed by atoms with Crippen LogP contribution in [0.3, 0.4) is 0 Å². The maximum absolute atomic E-state index is 11.1. The molecule has 0 saturated heterocycles. The van der Waals surface area contributed by atoms with Crippen molar-refractivity contribution in [3.05, 3.63) is 23.1 Å². The zero-order chi connectivity index (χ0) is 10.3. The van der Waals surface area contributed by atoms with Crippen LogP contribution in [-0.2, 0) is 9.53 Å². The largest absolute Gasteiger partial charge is 0.469 e. The lowest BCUT2D eigenvalue weighted by molar-refractivity contribution is -0.143. The van der Waals surface area contributed by atoms with Crippen LogP contribution in [0.2, 0.25) is 0 Å². The van der Waals surface area contributed by atoms with Crippen LogP contribution < -0.4 is 0 Å². The molecule has 0 aromatic rings. The standard InChI is InChI=1S/C8H13N3O2/c1-4-6(5-2)7(10-11-9)8(12)13-3/h4,6-7H,1,5H2,2-3H3/t6-,7?/m0/s1. The van der Waals surface area contributed by atoms with Crippen LogP contribution in [0.4, 0.5) is 0 Å². The summed E-state index contributed by atoms with van der Waals surface area (Å²) in [5, 5.41) is 3.37. The highest BCUT2D eigenvalue weighted by molar-refractivity contribution is 5.76. The first-order chi connectivity index (χ1) is 6.21. The van der Waals surface area contributed by atoms with Gasteiger partial charge in [0.1, 0.15) is 6.04 Å². The van der Waals surface area contributed by atoms with E-state index in [1.54, 1.807) is 6.08 Å². The Morgan fingerprint density at radius 1 is 1.85 bits per heavy atom. The molecule has 1 unspecified atom stereocenters. The summed E-state index contributed by atoms with van der Waals surface area (Å²) in [4.78, 5) is 13.7. The molecule has 0 aliphatic carbocycles. The molecule has 2 atom stereocenters. The fourth-order valence-electron chi connectivity index (χ4n) is 1.00. The van der Waals surface area contributed by atoms with E-state index in [-0.39, 0.29) is 5.92 Å². The van der Waals surface area contributed by atoms with E-state index in [0.717, 1.165) is 0 Å². The number of ether oxygens (including phenoxy) is 1. The maximum Gasteiger partial charge on any atom is 0.315 e. The van der Waals surface area contributed by atoms with Gasteiger partial charge in [0.05, 0.1) is 7.11 Å². The second-order valence-corrected chi connectivity index (χ2v) is 2.48. The van der Waals surface area contributed by atoms with Crippen molar-refractivity contribution in [2.24, 2.45) is 11.0 Å². The van der Waals surface area contributed by atoms with Gasteiger partial charge in [-0.1, -0.05) is 18.1 Å². The number of carbonyl (C=O) groups is 1. The minimum Gasteiger partial charge on any atom is -0.469 e. The van der Waals surface area contributed by atoms with Crippen LogP contribution in [0.5, 0.6) is 0 Å². The van der Waals surface area contributed by atoms with E-state index in [1.807, 2.05) is 6.92 Å². The molecule has 0 aliphatic heterocycles. The van der Waals surface area contributed by atoms with Gasteiger partial charge in [0.15, 0.2) is 0 Å². The Bertz CT molecular complexity index is 234. The molecular formula is C8H13N3O2. The molecule has 72 valence electrons. The Hall–Kier alpha value is -1.48. The number of methoxy groups -OCH3 is 1. The van der Waals surface area contributed by atoms with Gasteiger partial charge < -0.3 is 4.74 Å². The van der Waals surface area contributed by atoms with Crippen LogP contribution in [0, 0.1) is 5.92 Å². The molecule has 0 bridgehead atoms. The summed E-state index contributed by atoms with van der Waals surface area (Å²) in [7, 11) is 1.26. The first kappa shape index (κ1) is 11.5. The van der Waals surface area contributed by atoms with E-state index in [2.05, 4.69) is 21.3 Å². The van der Waals surface area contributed by atoms with Crippen molar-refractivity contribution in [3.63, 3.8) is 0 Å². The Morgan fingerprint density at radius 3 is 2.77 bits per heavy atom. The van der Waals surface area contributed by atoms with Crippen LogP contribution in [-0.4, -0.2) is 19.1 Å². The maximum atomic E-state index is 11.1. The molecule has 0 spiro atoms. The summed E-state index contributed by atoms with van der Waals surface area (Å²) in [5.74, 6) is -0.687. The minimum absolute atomic E-state index is 0.164. The fourth-order valence-corrected chi connectivity index (χ4v) is 1.00. The van der Waals surface area contributed by atoms with Crippen molar-refractivity contribution >= 4 is 5.97 Å². The highest BCUT2D eigenvalue weighted by Crippen LogP contribution is 2.14. The van der Waals surface area contributed by atoms with E-state index < -0.39 is 12.0 Å². The highest BCUT2D eigenvalue weighted by Gasteiger charge is 2.24. The molecule has 5 heteroatoms. The summed E-state index contributed by atoms with van der Waals surface area (Å²) in [5.41, 5.74) is 8.24. The number of carbonyl (C=O) groups excluding carboxylic acids is 1. The number of hydrogen-bond donors (Lipinski definition) is 0. The molecule has 0 aromatic heterocycles. The predicted molar refractivity (Wildman–Crippen MR) is 48.9 cm³/mol. The monoisotopic (exact) mass is 183 g/mol. The molecule has 0 saturated carbocycles. The Labute approximate surface area is 77.0 Å². The normalized spacial score (nSPS) is 13.7. The van der Waals surface area contributed by atoms with Gasteiger partial charge in [-0.2, -0.15) is 0 Å². The van der Waals surface area contributed by atoms with Gasteiger partial charge in [-0.05, 0) is 17.9 Å². The molecule has 0 radical (unpaired) electrons. The van der Waals surface area contributed by atoms with Crippen molar-refractivity contribution in [1.82, 2.24) is 0 Å². The predicted octanol–water partition coefficient (Wildman–Crippen LogP) is 2.05. The van der Waals surface area contributed by atoms with Gasteiger partial charge in [-0.3, -0.25) is 4.79 Å². The Kier molecular flexibility index (Phi) is 5.39. The topological polar surface area (TPSA) is 75.1 Å². The van der Waals surface area contributed by atoms with Crippen LogP contribution >= 0.6 is 0 Å². The third-order valence-corrected chi connectivity index (χ3v) is 1.80. The van der Waals surface area contributed by atoms with Crippen LogP contribution in [0.1, 0.15) is 13.3 Å². The lowest BCUT2D eigenvalue weighted by Crippen LogP contribution is -2.27. The Balaban J connectivity index is 4.66. The van der Waals surface area contributed by atoms with E-state index >= 15 is 0 Å². The molecule has 0 fully saturated rings. The molecular weight excluding hydrogens is 170 g/mol. The molecule has 0 N–H and O–H groups in total. The summed E-state index contributed by atoms with van der Waals surface area (Å²) in [6.45, 7) is 5.44. The van der Waals surface area contributed by atoms with Gasteiger partial charge in [0.25, 0.3) is 0 Å². The average Bonchev–Trinajstić information content (AvgIpc) is 2.17. The Morgan fingerprint density at radius 2 is 2.46 bits per heavy atom. The zero-order valence-electron chi connectivity index (χ0n) is 7.80. The van der Waals surface area contributed by atoms with Gasteiger partial charge in [-0.15, -0.1) is 6.58 Å². The summed E-state index contributed by atoms with van der Waals surface area (Å²) in [6.07, 6.45) is 2.28. The molecule has 5 nitrogen and oxygen atoms in total. The third-order valence-electron chi connectivity index (χ3n) is 1.80. The van der Waals surface area contributed by atoms with Gasteiger partial charge in [0, 0.05) is 4.91 Å². The first-order valence-electron chi connectivity index (χ1n) is 3.95. The lowest BCUT2D eigenvalue weighted by atomic mass is 9.98. The highest BCUT2D eigenvalue weighted by atomic mass is 16.5. The summed E-state index contributed by atoms with van der Waals surface area (Å²) < 4.78 is 4.50. The average molecular weight is 183 g/mol. The molecule has 0 aliphatic rings. The van der Waals surface area contributed by atoms with E-state index in [4.69, 9.17) is 5.53 Å². The number of hydrogen-bond acceptors (Lipinski definition) is 3. The van der Waals surface area contributed by atoms with Gasteiger partial charge >= 0.3 is 5.97 Å². The quantitative estimate of drug-likeness (QED) is 0.215. The molecule has 13 heavy (non-hydrogen) atoms. The van der Waals surface area contributed by atoms with E-state index in [9.17, 15) is 4.79 Å². The smallest absolute Gasteiger partial charge is 0.315 e.